The summed E-state index contributed by atoms with van der Waals surface area (Å²) in [6.07, 6.45) is -3.74. The molecule has 1 aliphatic heterocycles. The fraction of sp³-hybridized carbons (Fsp3) is 0.320. The predicted molar refractivity (Wildman–Crippen MR) is 131 cm³/mol. The first-order chi connectivity index (χ1) is 17.0. The quantitative estimate of drug-likeness (QED) is 0.419. The first kappa shape index (κ1) is 27.2. The molecule has 1 aliphatic rings. The number of anilines is 1. The van der Waals surface area contributed by atoms with E-state index >= 15 is 0 Å². The number of nitrogens with one attached hydrogen (secondary N) is 1. The normalized spacial score (nSPS) is 13.9. The molecular weight excluding hydrogens is 497 g/mol. The molecule has 7 nitrogen and oxygen atoms in total. The molecule has 1 aromatic heterocycles. The van der Waals surface area contributed by atoms with Gasteiger partial charge in [0.1, 0.15) is 5.82 Å². The average molecular weight is 523 g/mol. The van der Waals surface area contributed by atoms with Crippen LogP contribution in [0.5, 0.6) is 0 Å². The number of hydrogen-bond donors (Lipinski definition) is 2. The molecular formula is C25H26ClF3N4O3. The minimum Gasteiger partial charge on any atom is -0.478 e. The van der Waals surface area contributed by atoms with E-state index in [0.717, 1.165) is 11.1 Å². The second-order valence-corrected chi connectivity index (χ2v) is 8.70. The van der Waals surface area contributed by atoms with E-state index in [9.17, 15) is 22.8 Å². The summed E-state index contributed by atoms with van der Waals surface area (Å²) in [5.41, 5.74) is 0.797. The maximum absolute atomic E-state index is 13.1. The molecule has 2 aromatic carbocycles. The Morgan fingerprint density at radius 2 is 1.81 bits per heavy atom. The highest BCUT2D eigenvalue weighted by molar-refractivity contribution is 6.30. The van der Waals surface area contributed by atoms with Gasteiger partial charge in [-0.05, 0) is 55.8 Å². The molecule has 11 heteroatoms. The summed E-state index contributed by atoms with van der Waals surface area (Å²) in [7, 11) is 1.87. The number of aromatic nitrogens is 2. The SMILES string of the molecule is CNC(C)c1ccc(C(=O)O)cc1.O=Cc1c(C(F)(F)F)nn2c1N(Cc1ccc(Cl)cc1)CCC2. The van der Waals surface area contributed by atoms with Crippen LogP contribution in [0.2, 0.25) is 5.02 Å². The Balaban J connectivity index is 0.000000236. The summed E-state index contributed by atoms with van der Waals surface area (Å²) in [5, 5.41) is 15.9. The van der Waals surface area contributed by atoms with Gasteiger partial charge in [-0.25, -0.2) is 9.48 Å². The van der Waals surface area contributed by atoms with Crippen LogP contribution in [0.25, 0.3) is 0 Å². The number of hydrogen-bond acceptors (Lipinski definition) is 5. The lowest BCUT2D eigenvalue weighted by molar-refractivity contribution is -0.141. The smallest absolute Gasteiger partial charge is 0.435 e. The number of aromatic carboxylic acids is 1. The number of nitrogens with zero attached hydrogens (tertiary/aromatic N) is 3. The number of rotatable bonds is 6. The molecule has 0 spiro atoms. The number of carbonyl (C=O) groups is 2. The number of aldehydes is 1. The number of aryl methyl sites for hydroxylation is 1. The van der Waals surface area contributed by atoms with E-state index in [1.807, 2.05) is 38.2 Å². The van der Waals surface area contributed by atoms with Gasteiger partial charge < -0.3 is 15.3 Å². The molecule has 0 radical (unpaired) electrons. The number of carboxylic acids is 1. The zero-order chi connectivity index (χ0) is 26.5. The van der Waals surface area contributed by atoms with E-state index in [-0.39, 0.29) is 18.1 Å². The van der Waals surface area contributed by atoms with Crippen LogP contribution in [-0.4, -0.2) is 40.7 Å². The van der Waals surface area contributed by atoms with Crippen LogP contribution < -0.4 is 10.2 Å². The molecule has 0 fully saturated rings. The van der Waals surface area contributed by atoms with Gasteiger partial charge >= 0.3 is 12.1 Å². The highest BCUT2D eigenvalue weighted by Crippen LogP contribution is 2.37. The van der Waals surface area contributed by atoms with Gasteiger partial charge in [0, 0.05) is 30.7 Å². The summed E-state index contributed by atoms with van der Waals surface area (Å²) in [4.78, 5) is 23.5. The standard InChI is InChI=1S/C15H13ClF3N3O.C10H13NO2/c16-11-4-2-10(3-5-11)8-21-6-1-7-22-14(21)12(9-23)13(20-22)15(17,18)19;1-7(11-2)8-3-5-9(6-4-8)10(12)13/h2-5,9H,1,6-8H2;3-7,11H,1-2H3,(H,12,13). The molecule has 36 heavy (non-hydrogen) atoms. The number of benzene rings is 2. The zero-order valence-corrected chi connectivity index (χ0v) is 20.5. The molecule has 1 unspecified atom stereocenters. The summed E-state index contributed by atoms with van der Waals surface area (Å²) >= 11 is 5.84. The highest BCUT2D eigenvalue weighted by atomic mass is 35.5. The number of carbonyl (C=O) groups excluding carboxylic acids is 1. The molecule has 0 saturated carbocycles. The third-order valence-corrected chi connectivity index (χ3v) is 6.07. The van der Waals surface area contributed by atoms with Crippen LogP contribution in [-0.2, 0) is 19.3 Å². The lowest BCUT2D eigenvalue weighted by Gasteiger charge is -2.30. The molecule has 2 N–H and O–H groups in total. The van der Waals surface area contributed by atoms with Crippen molar-refractivity contribution >= 4 is 29.7 Å². The van der Waals surface area contributed by atoms with Crippen molar-refractivity contribution < 1.29 is 27.9 Å². The molecule has 3 aromatic rings. The fourth-order valence-corrected chi connectivity index (χ4v) is 3.96. The van der Waals surface area contributed by atoms with E-state index in [0.29, 0.717) is 36.6 Å². The van der Waals surface area contributed by atoms with Crippen molar-refractivity contribution in [1.29, 1.82) is 0 Å². The Bertz CT molecular complexity index is 1190. The number of fused-ring (bicyclic) bond motifs is 1. The molecule has 0 bridgehead atoms. The molecule has 0 amide bonds. The fourth-order valence-electron chi connectivity index (χ4n) is 3.84. The van der Waals surface area contributed by atoms with Gasteiger partial charge in [0.15, 0.2) is 12.0 Å². The third-order valence-electron chi connectivity index (χ3n) is 5.82. The van der Waals surface area contributed by atoms with E-state index in [1.54, 1.807) is 29.2 Å². The monoisotopic (exact) mass is 522 g/mol. The van der Waals surface area contributed by atoms with Crippen LogP contribution in [0.3, 0.4) is 0 Å². The van der Waals surface area contributed by atoms with Crippen molar-refractivity contribution in [2.75, 3.05) is 18.5 Å². The van der Waals surface area contributed by atoms with Crippen LogP contribution in [0.4, 0.5) is 19.0 Å². The van der Waals surface area contributed by atoms with Crippen LogP contribution >= 0.6 is 11.6 Å². The van der Waals surface area contributed by atoms with E-state index in [4.69, 9.17) is 16.7 Å². The van der Waals surface area contributed by atoms with E-state index in [1.165, 1.54) is 4.68 Å². The Kier molecular flexibility index (Phi) is 8.75. The van der Waals surface area contributed by atoms with Crippen molar-refractivity contribution in [3.63, 3.8) is 0 Å². The summed E-state index contributed by atoms with van der Waals surface area (Å²) in [6, 6.07) is 14.2. The summed E-state index contributed by atoms with van der Waals surface area (Å²) < 4.78 is 40.4. The highest BCUT2D eigenvalue weighted by Gasteiger charge is 2.40. The average Bonchev–Trinajstić information content (AvgIpc) is 3.26. The van der Waals surface area contributed by atoms with Crippen molar-refractivity contribution in [3.8, 4) is 0 Å². The van der Waals surface area contributed by atoms with Crippen molar-refractivity contribution in [3.05, 3.63) is 81.5 Å². The minimum atomic E-state index is -4.65. The van der Waals surface area contributed by atoms with E-state index < -0.39 is 23.4 Å². The predicted octanol–water partition coefficient (Wildman–Crippen LogP) is 5.44. The second-order valence-electron chi connectivity index (χ2n) is 8.26. The summed E-state index contributed by atoms with van der Waals surface area (Å²) in [5.74, 6) is -0.655. The lowest BCUT2D eigenvalue weighted by Crippen LogP contribution is -2.32. The zero-order valence-electron chi connectivity index (χ0n) is 19.7. The molecule has 192 valence electrons. The van der Waals surface area contributed by atoms with Gasteiger partial charge in [-0.1, -0.05) is 35.9 Å². The van der Waals surface area contributed by atoms with Crippen LogP contribution in [0, 0.1) is 0 Å². The first-order valence-electron chi connectivity index (χ1n) is 11.2. The number of halogens is 4. The van der Waals surface area contributed by atoms with Gasteiger partial charge in [0.05, 0.1) is 11.1 Å². The molecule has 0 saturated heterocycles. The molecule has 4 rings (SSSR count). The van der Waals surface area contributed by atoms with Gasteiger partial charge in [-0.15, -0.1) is 0 Å². The maximum atomic E-state index is 13.1. The molecule has 1 atom stereocenters. The first-order valence-corrected chi connectivity index (χ1v) is 11.6. The van der Waals surface area contributed by atoms with Gasteiger partial charge in [-0.2, -0.15) is 18.3 Å². The molecule has 2 heterocycles. The number of carboxylic acid groups (broad SMARTS) is 1. The Labute approximate surface area is 211 Å². The largest absolute Gasteiger partial charge is 0.478 e. The Hall–Kier alpha value is -3.37. The minimum absolute atomic E-state index is 0.230. The van der Waals surface area contributed by atoms with Crippen LogP contribution in [0.15, 0.2) is 48.5 Å². The molecule has 0 aliphatic carbocycles. The van der Waals surface area contributed by atoms with Crippen molar-refractivity contribution in [2.45, 2.75) is 38.7 Å². The third kappa shape index (κ3) is 6.44. The lowest BCUT2D eigenvalue weighted by atomic mass is 10.1. The Morgan fingerprint density at radius 3 is 2.33 bits per heavy atom. The maximum Gasteiger partial charge on any atom is 0.435 e. The van der Waals surface area contributed by atoms with Crippen LogP contribution in [0.1, 0.15) is 56.9 Å². The van der Waals surface area contributed by atoms with Crippen molar-refractivity contribution in [1.82, 2.24) is 15.1 Å². The van der Waals surface area contributed by atoms with Gasteiger partial charge in [0.25, 0.3) is 0 Å². The van der Waals surface area contributed by atoms with Gasteiger partial charge in [-0.3, -0.25) is 4.79 Å². The summed E-state index contributed by atoms with van der Waals surface area (Å²) in [6.45, 7) is 3.34. The number of alkyl halides is 3. The topological polar surface area (TPSA) is 87.5 Å². The van der Waals surface area contributed by atoms with E-state index in [2.05, 4.69) is 10.4 Å². The van der Waals surface area contributed by atoms with Crippen molar-refractivity contribution in [2.24, 2.45) is 0 Å². The second kappa shape index (κ2) is 11.6. The van der Waals surface area contributed by atoms with Gasteiger partial charge in [0.2, 0.25) is 0 Å². The Morgan fingerprint density at radius 1 is 1.17 bits per heavy atom.